The van der Waals surface area contributed by atoms with Crippen molar-refractivity contribution in [3.8, 4) is 11.5 Å². The van der Waals surface area contributed by atoms with E-state index in [1.54, 1.807) is 25.3 Å². The van der Waals surface area contributed by atoms with Crippen LogP contribution in [0, 0.1) is 0 Å². The summed E-state index contributed by atoms with van der Waals surface area (Å²) >= 11 is 17.1. The van der Waals surface area contributed by atoms with Gasteiger partial charge in [-0.05, 0) is 87.7 Å². The summed E-state index contributed by atoms with van der Waals surface area (Å²) in [6.07, 6.45) is 2.75. The molecular weight excluding hydrogens is 571 g/mol. The van der Waals surface area contributed by atoms with E-state index in [1.165, 1.54) is 17.3 Å². The summed E-state index contributed by atoms with van der Waals surface area (Å²) < 4.78 is 12.2. The molecule has 1 aliphatic heterocycles. The van der Waals surface area contributed by atoms with Gasteiger partial charge in [0.2, 0.25) is 0 Å². The zero-order chi connectivity index (χ0) is 24.9. The predicted molar refractivity (Wildman–Crippen MR) is 148 cm³/mol. The van der Waals surface area contributed by atoms with Crippen LogP contribution in [-0.2, 0) is 17.8 Å². The molecule has 9 heteroatoms. The number of methoxy groups -OCH3 is 1. The Bertz CT molecular complexity index is 1330. The normalized spacial score (nSPS) is 15.5. The smallest absolute Gasteiger partial charge is 0.264 e. The van der Waals surface area contributed by atoms with Crippen molar-refractivity contribution in [1.29, 1.82) is 0 Å². The first kappa shape index (κ1) is 25.6. The number of hydrogen-bond donors (Lipinski definition) is 1. The Hall–Kier alpha value is -2.45. The summed E-state index contributed by atoms with van der Waals surface area (Å²) in [4.78, 5) is 17.6. The number of nitrogens with one attached hydrogen (secondary N) is 1. The molecule has 0 radical (unpaired) electrons. The molecule has 0 spiro atoms. The SMILES string of the molecule is CCc1ccc(N=C2NC(=O)/C(=C\c3cc(Br)c(OCc4ccc(Cl)cc4Cl)c(OC)c3)S2)cc1. The Balaban J connectivity index is 1.52. The Morgan fingerprint density at radius 2 is 1.89 bits per heavy atom. The van der Waals surface area contributed by atoms with E-state index in [0.29, 0.717) is 36.1 Å². The zero-order valence-corrected chi connectivity index (χ0v) is 22.8. The van der Waals surface area contributed by atoms with Crippen LogP contribution in [0.25, 0.3) is 6.08 Å². The second kappa shape index (κ2) is 11.5. The quantitative estimate of drug-likeness (QED) is 0.285. The second-order valence-electron chi connectivity index (χ2n) is 7.56. The first-order valence-electron chi connectivity index (χ1n) is 10.7. The van der Waals surface area contributed by atoms with Crippen molar-refractivity contribution in [3.05, 3.63) is 90.7 Å². The molecule has 35 heavy (non-hydrogen) atoms. The van der Waals surface area contributed by atoms with E-state index < -0.39 is 0 Å². The number of ether oxygens (including phenoxy) is 2. The van der Waals surface area contributed by atoms with Gasteiger partial charge >= 0.3 is 0 Å². The van der Waals surface area contributed by atoms with Crippen LogP contribution in [0.2, 0.25) is 10.0 Å². The zero-order valence-electron chi connectivity index (χ0n) is 18.9. The van der Waals surface area contributed by atoms with E-state index in [0.717, 1.165) is 23.2 Å². The van der Waals surface area contributed by atoms with Gasteiger partial charge in [0, 0.05) is 15.6 Å². The van der Waals surface area contributed by atoms with Crippen LogP contribution in [0.1, 0.15) is 23.6 Å². The van der Waals surface area contributed by atoms with Crippen LogP contribution in [0.3, 0.4) is 0 Å². The molecule has 3 aromatic rings. The van der Waals surface area contributed by atoms with Crippen LogP contribution >= 0.6 is 50.9 Å². The minimum Gasteiger partial charge on any atom is -0.493 e. The third-order valence-corrected chi connectivity index (χ3v) is 7.25. The molecule has 1 N–H and O–H groups in total. The minimum absolute atomic E-state index is 0.202. The summed E-state index contributed by atoms with van der Waals surface area (Å²) in [5.74, 6) is 0.846. The molecule has 3 aromatic carbocycles. The van der Waals surface area contributed by atoms with E-state index in [2.05, 4.69) is 33.2 Å². The van der Waals surface area contributed by atoms with Gasteiger partial charge in [-0.3, -0.25) is 4.79 Å². The second-order valence-corrected chi connectivity index (χ2v) is 10.3. The van der Waals surface area contributed by atoms with Gasteiger partial charge in [0.05, 0.1) is 22.2 Å². The number of carbonyl (C=O) groups is 1. The molecule has 1 aliphatic rings. The molecule has 0 atom stereocenters. The van der Waals surface area contributed by atoms with Crippen molar-refractivity contribution in [3.63, 3.8) is 0 Å². The number of aryl methyl sites for hydroxylation is 1. The van der Waals surface area contributed by atoms with Gasteiger partial charge in [-0.1, -0.05) is 48.3 Å². The van der Waals surface area contributed by atoms with Crippen LogP contribution in [0.4, 0.5) is 5.69 Å². The molecule has 0 saturated carbocycles. The van der Waals surface area contributed by atoms with Gasteiger partial charge < -0.3 is 14.8 Å². The molecule has 1 saturated heterocycles. The molecule has 4 rings (SSSR count). The van der Waals surface area contributed by atoms with Gasteiger partial charge in [-0.15, -0.1) is 0 Å². The molecule has 1 fully saturated rings. The van der Waals surface area contributed by atoms with Crippen molar-refractivity contribution >= 4 is 73.7 Å². The lowest BCUT2D eigenvalue weighted by Crippen LogP contribution is -2.19. The minimum atomic E-state index is -0.202. The van der Waals surface area contributed by atoms with E-state index in [4.69, 9.17) is 32.7 Å². The molecule has 1 amide bonds. The largest absolute Gasteiger partial charge is 0.493 e. The van der Waals surface area contributed by atoms with Crippen molar-refractivity contribution in [1.82, 2.24) is 5.32 Å². The fourth-order valence-corrected chi connectivity index (χ4v) is 5.19. The molecule has 1 heterocycles. The van der Waals surface area contributed by atoms with Gasteiger partial charge in [0.1, 0.15) is 6.61 Å². The van der Waals surface area contributed by atoms with Crippen LogP contribution in [0.5, 0.6) is 11.5 Å². The molecule has 180 valence electrons. The summed E-state index contributed by atoms with van der Waals surface area (Å²) in [7, 11) is 1.56. The van der Waals surface area contributed by atoms with Crippen molar-refractivity contribution in [2.45, 2.75) is 20.0 Å². The van der Waals surface area contributed by atoms with Gasteiger partial charge in [-0.2, -0.15) is 0 Å². The lowest BCUT2D eigenvalue weighted by atomic mass is 10.1. The van der Waals surface area contributed by atoms with Crippen molar-refractivity contribution < 1.29 is 14.3 Å². The number of rotatable bonds is 7. The molecule has 0 aromatic heterocycles. The summed E-state index contributed by atoms with van der Waals surface area (Å²) in [6.45, 7) is 2.34. The van der Waals surface area contributed by atoms with Crippen molar-refractivity contribution in [2.24, 2.45) is 4.99 Å². The highest BCUT2D eigenvalue weighted by atomic mass is 79.9. The van der Waals surface area contributed by atoms with Crippen LogP contribution in [0.15, 0.2) is 69.0 Å². The summed E-state index contributed by atoms with van der Waals surface area (Å²) in [5.41, 5.74) is 3.60. The molecule has 0 bridgehead atoms. The lowest BCUT2D eigenvalue weighted by Gasteiger charge is -2.14. The maximum Gasteiger partial charge on any atom is 0.264 e. The molecule has 5 nitrogen and oxygen atoms in total. The first-order chi connectivity index (χ1) is 16.9. The summed E-state index contributed by atoms with van der Waals surface area (Å²) in [6, 6.07) is 16.9. The van der Waals surface area contributed by atoms with Gasteiger partial charge in [0.15, 0.2) is 16.7 Å². The van der Waals surface area contributed by atoms with E-state index in [1.807, 2.05) is 42.5 Å². The monoisotopic (exact) mass is 590 g/mol. The number of halogens is 3. The topological polar surface area (TPSA) is 59.9 Å². The van der Waals surface area contributed by atoms with E-state index in [9.17, 15) is 4.79 Å². The third kappa shape index (κ3) is 6.41. The number of nitrogens with zero attached hydrogens (tertiary/aromatic N) is 1. The van der Waals surface area contributed by atoms with Crippen molar-refractivity contribution in [2.75, 3.05) is 7.11 Å². The third-order valence-electron chi connectivity index (χ3n) is 5.16. The molecule has 0 aliphatic carbocycles. The number of amides is 1. The fourth-order valence-electron chi connectivity index (χ4n) is 3.31. The number of aliphatic imine (C=N–C) groups is 1. The fraction of sp³-hybridized carbons (Fsp3) is 0.154. The highest BCUT2D eigenvalue weighted by molar-refractivity contribution is 9.10. The summed E-state index contributed by atoms with van der Waals surface area (Å²) in [5, 5.41) is 4.44. The first-order valence-corrected chi connectivity index (χ1v) is 13.1. The number of thioether (sulfide) groups is 1. The maximum atomic E-state index is 12.5. The number of benzene rings is 3. The lowest BCUT2D eigenvalue weighted by molar-refractivity contribution is -0.115. The number of carbonyl (C=O) groups excluding carboxylic acids is 1. The Morgan fingerprint density at radius 1 is 1.11 bits per heavy atom. The number of amidine groups is 1. The molecule has 0 unspecified atom stereocenters. The number of hydrogen-bond acceptors (Lipinski definition) is 5. The average Bonchev–Trinajstić information content (AvgIpc) is 3.17. The van der Waals surface area contributed by atoms with Crippen LogP contribution in [-0.4, -0.2) is 18.2 Å². The van der Waals surface area contributed by atoms with Gasteiger partial charge in [0.25, 0.3) is 5.91 Å². The van der Waals surface area contributed by atoms with Gasteiger partial charge in [-0.25, -0.2) is 4.99 Å². The average molecular weight is 592 g/mol. The van der Waals surface area contributed by atoms with E-state index >= 15 is 0 Å². The van der Waals surface area contributed by atoms with Crippen LogP contribution < -0.4 is 14.8 Å². The maximum absolute atomic E-state index is 12.5. The Labute approximate surface area is 226 Å². The van der Waals surface area contributed by atoms with E-state index in [-0.39, 0.29) is 12.5 Å². The predicted octanol–water partition coefficient (Wildman–Crippen LogP) is 7.80. The highest BCUT2D eigenvalue weighted by Crippen LogP contribution is 2.39. The Morgan fingerprint density at radius 3 is 2.57 bits per heavy atom. The standard InChI is InChI=1S/C26H21BrCl2N2O3S/c1-3-15-4-8-19(9-5-15)30-26-31-25(32)23(35-26)12-16-10-20(27)24(22(11-16)33-2)34-14-17-6-7-18(28)13-21(17)29/h4-13H,3,14H2,1-2H3,(H,30,31,32)/b23-12+. The molecular formula is C26H21BrCl2N2O3S. The Kier molecular flexibility index (Phi) is 8.44. The highest BCUT2D eigenvalue weighted by Gasteiger charge is 2.24.